The summed E-state index contributed by atoms with van der Waals surface area (Å²) in [6, 6.07) is 1.51. The Labute approximate surface area is 102 Å². The molecule has 6 heteroatoms. The summed E-state index contributed by atoms with van der Waals surface area (Å²) >= 11 is 3.18. The molecule has 0 fully saturated rings. The zero-order chi connectivity index (χ0) is 12.0. The Bertz CT molecular complexity index is 371. The standard InChI is InChI=1S/C10H13BrN2O3/c1-2-16-4-3-12-9-8(10(14)15)5-7(11)6-13-9/h5-6H,2-4H2,1H3,(H,12,13)(H,14,15). The third-order valence-corrected chi connectivity index (χ3v) is 2.26. The lowest BCUT2D eigenvalue weighted by atomic mass is 10.2. The third-order valence-electron chi connectivity index (χ3n) is 1.83. The van der Waals surface area contributed by atoms with Crippen molar-refractivity contribution >= 4 is 27.7 Å². The molecule has 88 valence electrons. The predicted octanol–water partition coefficient (Wildman–Crippen LogP) is 1.99. The lowest BCUT2D eigenvalue weighted by Crippen LogP contribution is -2.13. The van der Waals surface area contributed by atoms with Gasteiger partial charge in [-0.05, 0) is 28.9 Å². The maximum Gasteiger partial charge on any atom is 0.339 e. The average molecular weight is 289 g/mol. The molecular formula is C10H13BrN2O3. The number of ether oxygens (including phenoxy) is 1. The fourth-order valence-electron chi connectivity index (χ4n) is 1.13. The summed E-state index contributed by atoms with van der Waals surface area (Å²) in [7, 11) is 0. The van der Waals surface area contributed by atoms with Gasteiger partial charge in [0.15, 0.2) is 0 Å². The number of carboxylic acids is 1. The van der Waals surface area contributed by atoms with E-state index in [-0.39, 0.29) is 5.56 Å². The van der Waals surface area contributed by atoms with Gasteiger partial charge in [0.1, 0.15) is 11.4 Å². The number of pyridine rings is 1. The van der Waals surface area contributed by atoms with Crippen LogP contribution >= 0.6 is 15.9 Å². The van der Waals surface area contributed by atoms with Crippen LogP contribution in [0.15, 0.2) is 16.7 Å². The van der Waals surface area contributed by atoms with Gasteiger partial charge in [0.05, 0.1) is 6.61 Å². The van der Waals surface area contributed by atoms with Crippen molar-refractivity contribution in [1.82, 2.24) is 4.98 Å². The number of nitrogens with zero attached hydrogens (tertiary/aromatic N) is 1. The Hall–Kier alpha value is -1.14. The Balaban J connectivity index is 2.67. The van der Waals surface area contributed by atoms with Gasteiger partial charge in [-0.15, -0.1) is 0 Å². The number of aromatic nitrogens is 1. The van der Waals surface area contributed by atoms with Crippen LogP contribution in [-0.4, -0.2) is 35.8 Å². The number of nitrogens with one attached hydrogen (secondary N) is 1. The highest BCUT2D eigenvalue weighted by Gasteiger charge is 2.11. The van der Waals surface area contributed by atoms with Crippen LogP contribution in [0.1, 0.15) is 17.3 Å². The van der Waals surface area contributed by atoms with Crippen molar-refractivity contribution < 1.29 is 14.6 Å². The zero-order valence-corrected chi connectivity index (χ0v) is 10.5. The van der Waals surface area contributed by atoms with E-state index in [1.807, 2.05) is 6.92 Å². The van der Waals surface area contributed by atoms with E-state index in [1.165, 1.54) is 6.07 Å². The molecule has 5 nitrogen and oxygen atoms in total. The smallest absolute Gasteiger partial charge is 0.339 e. The Morgan fingerprint density at radius 3 is 3.06 bits per heavy atom. The number of aromatic carboxylic acids is 1. The Morgan fingerprint density at radius 1 is 1.69 bits per heavy atom. The summed E-state index contributed by atoms with van der Waals surface area (Å²) in [4.78, 5) is 14.9. The van der Waals surface area contributed by atoms with Crippen LogP contribution in [0.3, 0.4) is 0 Å². The molecule has 0 spiro atoms. The number of anilines is 1. The Morgan fingerprint density at radius 2 is 2.44 bits per heavy atom. The van der Waals surface area contributed by atoms with Gasteiger partial charge < -0.3 is 15.2 Å². The van der Waals surface area contributed by atoms with Crippen molar-refractivity contribution in [2.24, 2.45) is 0 Å². The van der Waals surface area contributed by atoms with E-state index in [2.05, 4.69) is 26.2 Å². The van der Waals surface area contributed by atoms with Crippen molar-refractivity contribution in [2.45, 2.75) is 6.92 Å². The summed E-state index contributed by atoms with van der Waals surface area (Å²) in [5.74, 6) is -0.650. The Kier molecular flexibility index (Phi) is 5.21. The molecule has 1 heterocycles. The first kappa shape index (κ1) is 12.9. The largest absolute Gasteiger partial charge is 0.478 e. The van der Waals surface area contributed by atoms with E-state index in [0.29, 0.717) is 30.0 Å². The van der Waals surface area contributed by atoms with Crippen LogP contribution in [0.5, 0.6) is 0 Å². The second kappa shape index (κ2) is 6.44. The zero-order valence-electron chi connectivity index (χ0n) is 8.86. The summed E-state index contributed by atoms with van der Waals surface area (Å²) in [5.41, 5.74) is 0.144. The number of hydrogen-bond donors (Lipinski definition) is 2. The first-order valence-corrected chi connectivity index (χ1v) is 5.65. The van der Waals surface area contributed by atoms with Gasteiger partial charge in [-0.3, -0.25) is 0 Å². The van der Waals surface area contributed by atoms with Crippen LogP contribution in [0.2, 0.25) is 0 Å². The molecule has 0 aromatic carbocycles. The second-order valence-electron chi connectivity index (χ2n) is 2.98. The van der Waals surface area contributed by atoms with E-state index >= 15 is 0 Å². The quantitative estimate of drug-likeness (QED) is 0.784. The number of hydrogen-bond acceptors (Lipinski definition) is 4. The maximum absolute atomic E-state index is 10.9. The van der Waals surface area contributed by atoms with E-state index in [0.717, 1.165) is 0 Å². The molecule has 0 radical (unpaired) electrons. The minimum atomic E-state index is -1.01. The molecule has 0 bridgehead atoms. The molecule has 0 atom stereocenters. The topological polar surface area (TPSA) is 71.5 Å². The van der Waals surface area contributed by atoms with Gasteiger partial charge >= 0.3 is 5.97 Å². The molecule has 1 aromatic rings. The predicted molar refractivity (Wildman–Crippen MR) is 63.9 cm³/mol. The first-order valence-electron chi connectivity index (χ1n) is 4.85. The molecule has 0 aliphatic rings. The molecule has 1 aromatic heterocycles. The molecular weight excluding hydrogens is 276 g/mol. The lowest BCUT2D eigenvalue weighted by molar-refractivity contribution is 0.0697. The molecule has 0 saturated heterocycles. The van der Waals surface area contributed by atoms with Crippen molar-refractivity contribution in [3.8, 4) is 0 Å². The fourth-order valence-corrected chi connectivity index (χ4v) is 1.46. The van der Waals surface area contributed by atoms with Gasteiger partial charge in [-0.2, -0.15) is 0 Å². The van der Waals surface area contributed by atoms with Crippen LogP contribution in [0, 0.1) is 0 Å². The number of halogens is 1. The van der Waals surface area contributed by atoms with Gasteiger partial charge in [-0.25, -0.2) is 9.78 Å². The highest BCUT2D eigenvalue weighted by Crippen LogP contribution is 2.17. The monoisotopic (exact) mass is 288 g/mol. The molecule has 16 heavy (non-hydrogen) atoms. The van der Waals surface area contributed by atoms with Crippen molar-refractivity contribution in [2.75, 3.05) is 25.1 Å². The molecule has 2 N–H and O–H groups in total. The van der Waals surface area contributed by atoms with Crippen LogP contribution < -0.4 is 5.32 Å². The first-order chi connectivity index (χ1) is 7.65. The van der Waals surface area contributed by atoms with Crippen molar-refractivity contribution in [3.63, 3.8) is 0 Å². The van der Waals surface area contributed by atoms with E-state index < -0.39 is 5.97 Å². The molecule has 0 aliphatic heterocycles. The van der Waals surface area contributed by atoms with Crippen LogP contribution in [0.25, 0.3) is 0 Å². The SMILES string of the molecule is CCOCCNc1ncc(Br)cc1C(=O)O. The average Bonchev–Trinajstić information content (AvgIpc) is 2.26. The van der Waals surface area contributed by atoms with Crippen LogP contribution in [-0.2, 0) is 4.74 Å². The van der Waals surface area contributed by atoms with Gasteiger partial charge in [0.25, 0.3) is 0 Å². The van der Waals surface area contributed by atoms with Gasteiger partial charge in [0.2, 0.25) is 0 Å². The molecule has 0 amide bonds. The molecule has 0 saturated carbocycles. The fraction of sp³-hybridized carbons (Fsp3) is 0.400. The van der Waals surface area contributed by atoms with E-state index in [9.17, 15) is 4.79 Å². The minimum absolute atomic E-state index is 0.144. The summed E-state index contributed by atoms with van der Waals surface area (Å²) < 4.78 is 5.77. The molecule has 0 aliphatic carbocycles. The van der Waals surface area contributed by atoms with E-state index in [1.54, 1.807) is 6.20 Å². The third kappa shape index (κ3) is 3.79. The molecule has 1 rings (SSSR count). The summed E-state index contributed by atoms with van der Waals surface area (Å²) in [5, 5.41) is 11.9. The van der Waals surface area contributed by atoms with Gasteiger partial charge in [-0.1, -0.05) is 0 Å². The summed E-state index contributed by atoms with van der Waals surface area (Å²) in [6.07, 6.45) is 1.55. The van der Waals surface area contributed by atoms with Crippen molar-refractivity contribution in [3.05, 3.63) is 22.3 Å². The maximum atomic E-state index is 10.9. The molecule has 0 unspecified atom stereocenters. The highest BCUT2D eigenvalue weighted by atomic mass is 79.9. The van der Waals surface area contributed by atoms with Crippen LogP contribution in [0.4, 0.5) is 5.82 Å². The number of carbonyl (C=O) groups is 1. The minimum Gasteiger partial charge on any atom is -0.478 e. The normalized spacial score (nSPS) is 10.1. The van der Waals surface area contributed by atoms with E-state index in [4.69, 9.17) is 9.84 Å². The second-order valence-corrected chi connectivity index (χ2v) is 3.89. The summed E-state index contributed by atoms with van der Waals surface area (Å²) in [6.45, 7) is 3.60. The number of rotatable bonds is 6. The number of carboxylic acid groups (broad SMARTS) is 1. The van der Waals surface area contributed by atoms with Gasteiger partial charge in [0, 0.05) is 23.8 Å². The lowest BCUT2D eigenvalue weighted by Gasteiger charge is -2.08. The van der Waals surface area contributed by atoms with Crippen molar-refractivity contribution in [1.29, 1.82) is 0 Å². The highest BCUT2D eigenvalue weighted by molar-refractivity contribution is 9.10.